The van der Waals surface area contributed by atoms with Gasteiger partial charge in [-0.15, -0.1) is 12.4 Å². The lowest BCUT2D eigenvalue weighted by Gasteiger charge is -2.20. The van der Waals surface area contributed by atoms with Gasteiger partial charge in [-0.25, -0.2) is 0 Å². The molecule has 0 saturated heterocycles. The van der Waals surface area contributed by atoms with E-state index < -0.39 is 17.6 Å². The minimum atomic E-state index is -1.34. The second-order valence-electron chi connectivity index (χ2n) is 2.47. The van der Waals surface area contributed by atoms with Gasteiger partial charge in [0.1, 0.15) is 6.04 Å². The summed E-state index contributed by atoms with van der Waals surface area (Å²) in [6, 6.07) is -1.21. The summed E-state index contributed by atoms with van der Waals surface area (Å²) in [6.45, 7) is 2.71. The number of aliphatic carboxylic acids is 1. The molecule has 0 radical (unpaired) electrons. The summed E-state index contributed by atoms with van der Waals surface area (Å²) in [5.74, 6) is -1.19. The predicted octanol–water partition coefficient (Wildman–Crippen LogP) is -0.409. The van der Waals surface area contributed by atoms with E-state index >= 15 is 0 Å². The standard InChI is InChI=1S/C5H11NO3.ClH/c1-5(2,9)3(6)4(7)8;/h3,9H,6H2,1-2H3,(H,7,8);1H/t3-;/m0./s1. The Morgan fingerprint density at radius 3 is 1.90 bits per heavy atom. The Morgan fingerprint density at radius 2 is 1.90 bits per heavy atom. The zero-order chi connectivity index (χ0) is 7.65. The third-order valence-corrected chi connectivity index (χ3v) is 1.03. The van der Waals surface area contributed by atoms with Crippen LogP contribution < -0.4 is 5.73 Å². The summed E-state index contributed by atoms with van der Waals surface area (Å²) < 4.78 is 0. The molecule has 0 aromatic rings. The highest BCUT2D eigenvalue weighted by Crippen LogP contribution is 2.04. The highest BCUT2D eigenvalue weighted by Gasteiger charge is 2.28. The molecule has 62 valence electrons. The number of hydrogen-bond acceptors (Lipinski definition) is 3. The summed E-state index contributed by atoms with van der Waals surface area (Å²) in [5.41, 5.74) is 3.70. The molecule has 0 saturated carbocycles. The fraction of sp³-hybridized carbons (Fsp3) is 0.800. The molecule has 0 fully saturated rings. The number of carbonyl (C=O) groups is 1. The minimum Gasteiger partial charge on any atom is -0.480 e. The summed E-state index contributed by atoms with van der Waals surface area (Å²) in [6.07, 6.45) is 0. The SMILES string of the molecule is CC(C)(O)[C@@H](N)C(=O)O.Cl. The first-order valence-electron chi connectivity index (χ1n) is 2.56. The summed E-state index contributed by atoms with van der Waals surface area (Å²) in [5, 5.41) is 17.2. The number of carboxylic acid groups (broad SMARTS) is 1. The normalized spacial score (nSPS) is 13.6. The van der Waals surface area contributed by atoms with E-state index in [0.717, 1.165) is 0 Å². The van der Waals surface area contributed by atoms with Crippen molar-refractivity contribution in [3.05, 3.63) is 0 Å². The maximum Gasteiger partial charge on any atom is 0.323 e. The molecule has 4 N–H and O–H groups in total. The van der Waals surface area contributed by atoms with Crippen LogP contribution in [0.5, 0.6) is 0 Å². The van der Waals surface area contributed by atoms with E-state index in [1.165, 1.54) is 13.8 Å². The molecular weight excluding hydrogens is 158 g/mol. The second-order valence-corrected chi connectivity index (χ2v) is 2.47. The van der Waals surface area contributed by atoms with Crippen molar-refractivity contribution in [2.24, 2.45) is 5.73 Å². The second kappa shape index (κ2) is 3.75. The van der Waals surface area contributed by atoms with Crippen LogP contribution >= 0.6 is 12.4 Å². The number of aliphatic hydroxyl groups is 1. The van der Waals surface area contributed by atoms with E-state index in [0.29, 0.717) is 0 Å². The van der Waals surface area contributed by atoms with Crippen molar-refractivity contribution in [2.75, 3.05) is 0 Å². The predicted molar refractivity (Wildman–Crippen MR) is 39.2 cm³/mol. The van der Waals surface area contributed by atoms with Crippen molar-refractivity contribution in [2.45, 2.75) is 25.5 Å². The molecule has 0 aliphatic rings. The highest BCUT2D eigenvalue weighted by molar-refractivity contribution is 5.85. The van der Waals surface area contributed by atoms with Crippen molar-refractivity contribution >= 4 is 18.4 Å². The van der Waals surface area contributed by atoms with Gasteiger partial charge in [-0.2, -0.15) is 0 Å². The first kappa shape index (κ1) is 12.4. The smallest absolute Gasteiger partial charge is 0.323 e. The van der Waals surface area contributed by atoms with Crippen LogP contribution in [0.3, 0.4) is 0 Å². The van der Waals surface area contributed by atoms with Crippen LogP contribution in [0.4, 0.5) is 0 Å². The van der Waals surface area contributed by atoms with E-state index in [2.05, 4.69) is 0 Å². The van der Waals surface area contributed by atoms with Gasteiger partial charge < -0.3 is 15.9 Å². The van der Waals surface area contributed by atoms with Gasteiger partial charge >= 0.3 is 5.97 Å². The first-order valence-corrected chi connectivity index (χ1v) is 2.56. The molecule has 0 aliphatic carbocycles. The average molecular weight is 170 g/mol. The Hall–Kier alpha value is -0.320. The maximum atomic E-state index is 10.1. The van der Waals surface area contributed by atoms with Gasteiger partial charge in [0.2, 0.25) is 0 Å². The van der Waals surface area contributed by atoms with Crippen molar-refractivity contribution < 1.29 is 15.0 Å². The lowest BCUT2D eigenvalue weighted by molar-refractivity contribution is -0.143. The summed E-state index contributed by atoms with van der Waals surface area (Å²) >= 11 is 0. The molecule has 4 nitrogen and oxygen atoms in total. The Bertz CT molecular complexity index is 121. The van der Waals surface area contributed by atoms with E-state index in [1.807, 2.05) is 0 Å². The van der Waals surface area contributed by atoms with Gasteiger partial charge in [0, 0.05) is 0 Å². The minimum absolute atomic E-state index is 0. The van der Waals surface area contributed by atoms with E-state index in [4.69, 9.17) is 15.9 Å². The zero-order valence-electron chi connectivity index (χ0n) is 5.87. The molecular formula is C5H12ClNO3. The molecule has 0 aliphatic heterocycles. The average Bonchev–Trinajstić information content (AvgIpc) is 1.62. The van der Waals surface area contributed by atoms with Crippen LogP contribution in [-0.4, -0.2) is 27.8 Å². The van der Waals surface area contributed by atoms with Gasteiger partial charge in [-0.3, -0.25) is 4.79 Å². The van der Waals surface area contributed by atoms with Gasteiger partial charge in [0.05, 0.1) is 5.60 Å². The van der Waals surface area contributed by atoms with Gasteiger partial charge in [0.25, 0.3) is 0 Å². The van der Waals surface area contributed by atoms with Crippen LogP contribution in [0.2, 0.25) is 0 Å². The summed E-state index contributed by atoms with van der Waals surface area (Å²) in [4.78, 5) is 10.1. The Morgan fingerprint density at radius 1 is 1.60 bits per heavy atom. The number of rotatable bonds is 2. The van der Waals surface area contributed by atoms with Crippen molar-refractivity contribution in [3.63, 3.8) is 0 Å². The van der Waals surface area contributed by atoms with Crippen LogP contribution in [0.25, 0.3) is 0 Å². The molecule has 0 heterocycles. The van der Waals surface area contributed by atoms with E-state index in [1.54, 1.807) is 0 Å². The number of halogens is 1. The topological polar surface area (TPSA) is 83.5 Å². The van der Waals surface area contributed by atoms with Crippen LogP contribution in [0.1, 0.15) is 13.8 Å². The van der Waals surface area contributed by atoms with Crippen molar-refractivity contribution in [1.82, 2.24) is 0 Å². The molecule has 0 spiro atoms. The van der Waals surface area contributed by atoms with Crippen LogP contribution in [0, 0.1) is 0 Å². The van der Waals surface area contributed by atoms with Gasteiger partial charge in [-0.1, -0.05) is 0 Å². The van der Waals surface area contributed by atoms with Crippen molar-refractivity contribution in [3.8, 4) is 0 Å². The fourth-order valence-electron chi connectivity index (χ4n) is 0.302. The quantitative estimate of drug-likeness (QED) is 0.525. The molecule has 10 heavy (non-hydrogen) atoms. The van der Waals surface area contributed by atoms with Crippen LogP contribution in [0.15, 0.2) is 0 Å². The third-order valence-electron chi connectivity index (χ3n) is 1.03. The monoisotopic (exact) mass is 169 g/mol. The molecule has 5 heteroatoms. The molecule has 0 aromatic heterocycles. The van der Waals surface area contributed by atoms with E-state index in [-0.39, 0.29) is 12.4 Å². The molecule has 0 amide bonds. The molecule has 0 unspecified atom stereocenters. The van der Waals surface area contributed by atoms with Gasteiger partial charge in [-0.05, 0) is 13.8 Å². The lowest BCUT2D eigenvalue weighted by Crippen LogP contribution is -2.48. The number of carboxylic acids is 1. The molecule has 1 atom stereocenters. The third kappa shape index (κ3) is 3.66. The highest BCUT2D eigenvalue weighted by atomic mass is 35.5. The lowest BCUT2D eigenvalue weighted by atomic mass is 10.0. The largest absolute Gasteiger partial charge is 0.480 e. The van der Waals surface area contributed by atoms with Crippen molar-refractivity contribution in [1.29, 1.82) is 0 Å². The van der Waals surface area contributed by atoms with Gasteiger partial charge in [0.15, 0.2) is 0 Å². The Labute approximate surface area is 65.4 Å². The molecule has 0 rings (SSSR count). The van der Waals surface area contributed by atoms with E-state index in [9.17, 15) is 4.79 Å². The first-order chi connectivity index (χ1) is 3.85. The molecule has 0 bridgehead atoms. The van der Waals surface area contributed by atoms with Crippen LogP contribution in [-0.2, 0) is 4.79 Å². The Kier molecular flexibility index (Phi) is 4.64. The Balaban J connectivity index is 0. The fourth-order valence-corrected chi connectivity index (χ4v) is 0.302. The number of hydrogen-bond donors (Lipinski definition) is 3. The maximum absolute atomic E-state index is 10.1. The number of nitrogens with two attached hydrogens (primary N) is 1. The zero-order valence-corrected chi connectivity index (χ0v) is 6.68. The summed E-state index contributed by atoms with van der Waals surface area (Å²) in [7, 11) is 0. The molecule has 0 aromatic carbocycles.